The number of carbonyl (C=O) groups is 1. The van der Waals surface area contributed by atoms with E-state index in [9.17, 15) is 4.79 Å². The Morgan fingerprint density at radius 2 is 2.36 bits per heavy atom. The molecule has 0 radical (unpaired) electrons. The molecule has 5 heteroatoms. The summed E-state index contributed by atoms with van der Waals surface area (Å²) in [5.41, 5.74) is 2.40. The summed E-state index contributed by atoms with van der Waals surface area (Å²) in [6, 6.07) is 3.69. The van der Waals surface area contributed by atoms with Gasteiger partial charge in [-0.15, -0.1) is 0 Å². The summed E-state index contributed by atoms with van der Waals surface area (Å²) in [6.07, 6.45) is 1.59. The number of carboxylic acid groups (broad SMARTS) is 1. The number of fused-ring (bicyclic) bond motifs is 1. The second-order valence-electron chi connectivity index (χ2n) is 2.90. The van der Waals surface area contributed by atoms with E-state index in [1.54, 1.807) is 12.4 Å². The number of carboxylic acids is 1. The number of hydrogen-bond acceptors (Lipinski definition) is 2. The number of imidazole rings is 1. The van der Waals surface area contributed by atoms with Crippen LogP contribution in [0, 0.1) is 3.57 Å². The predicted molar refractivity (Wildman–Crippen MR) is 60.2 cm³/mol. The molecule has 0 atom stereocenters. The van der Waals surface area contributed by atoms with Crippen LogP contribution in [0.15, 0.2) is 18.5 Å². The molecule has 0 amide bonds. The van der Waals surface area contributed by atoms with Crippen LogP contribution < -0.4 is 0 Å². The molecule has 0 aliphatic heterocycles. The van der Waals surface area contributed by atoms with Gasteiger partial charge in [-0.1, -0.05) is 6.07 Å². The SMILES string of the molecule is O=C(O)Cc1ccc(I)c2[nH]cnc12. The molecule has 2 aromatic rings. The summed E-state index contributed by atoms with van der Waals surface area (Å²) in [6.45, 7) is 0. The number of nitrogens with one attached hydrogen (secondary N) is 1. The summed E-state index contributed by atoms with van der Waals surface area (Å²) in [4.78, 5) is 17.7. The van der Waals surface area contributed by atoms with E-state index >= 15 is 0 Å². The number of rotatable bonds is 2. The van der Waals surface area contributed by atoms with Gasteiger partial charge in [-0.3, -0.25) is 4.79 Å². The molecule has 0 spiro atoms. The van der Waals surface area contributed by atoms with Gasteiger partial charge in [0.1, 0.15) is 0 Å². The van der Waals surface area contributed by atoms with Crippen molar-refractivity contribution in [2.45, 2.75) is 6.42 Å². The van der Waals surface area contributed by atoms with E-state index in [1.807, 2.05) is 6.07 Å². The molecule has 2 rings (SSSR count). The molecular weight excluding hydrogens is 295 g/mol. The number of aromatic nitrogens is 2. The number of H-pyrrole nitrogens is 1. The van der Waals surface area contributed by atoms with Gasteiger partial charge in [0.25, 0.3) is 0 Å². The average Bonchev–Trinajstić information content (AvgIpc) is 2.58. The predicted octanol–water partition coefficient (Wildman–Crippen LogP) is 1.79. The molecular formula is C9H7IN2O2. The van der Waals surface area contributed by atoms with Gasteiger partial charge in [-0.2, -0.15) is 0 Å². The van der Waals surface area contributed by atoms with Crippen molar-refractivity contribution >= 4 is 39.6 Å². The Labute approximate surface area is 93.5 Å². The van der Waals surface area contributed by atoms with Gasteiger partial charge >= 0.3 is 5.97 Å². The molecule has 0 bridgehead atoms. The van der Waals surface area contributed by atoms with E-state index in [0.717, 1.165) is 20.2 Å². The summed E-state index contributed by atoms with van der Waals surface area (Å²) in [7, 11) is 0. The maximum Gasteiger partial charge on any atom is 0.307 e. The molecule has 0 unspecified atom stereocenters. The molecule has 0 fully saturated rings. The van der Waals surface area contributed by atoms with Gasteiger partial charge < -0.3 is 10.1 Å². The molecule has 2 N–H and O–H groups in total. The molecule has 1 aromatic carbocycles. The van der Waals surface area contributed by atoms with Gasteiger partial charge in [-0.25, -0.2) is 4.98 Å². The lowest BCUT2D eigenvalue weighted by molar-refractivity contribution is -0.136. The molecule has 4 nitrogen and oxygen atoms in total. The van der Waals surface area contributed by atoms with Gasteiger partial charge in [0.05, 0.1) is 23.8 Å². The van der Waals surface area contributed by atoms with E-state index < -0.39 is 5.97 Å². The van der Waals surface area contributed by atoms with Crippen LogP contribution in [0.2, 0.25) is 0 Å². The second-order valence-corrected chi connectivity index (χ2v) is 4.07. The number of aromatic amines is 1. The zero-order valence-corrected chi connectivity index (χ0v) is 9.28. The quantitative estimate of drug-likeness (QED) is 0.831. The average molecular weight is 302 g/mol. The lowest BCUT2D eigenvalue weighted by Crippen LogP contribution is -2.00. The molecule has 0 aliphatic rings. The normalized spacial score (nSPS) is 10.6. The summed E-state index contributed by atoms with van der Waals surface area (Å²) >= 11 is 2.19. The van der Waals surface area contributed by atoms with E-state index in [-0.39, 0.29) is 6.42 Å². The van der Waals surface area contributed by atoms with Crippen LogP contribution in [0.1, 0.15) is 5.56 Å². The Bertz CT molecular complexity index is 493. The van der Waals surface area contributed by atoms with Crippen molar-refractivity contribution in [2.24, 2.45) is 0 Å². The fourth-order valence-corrected chi connectivity index (χ4v) is 1.95. The Balaban J connectivity index is 2.60. The van der Waals surface area contributed by atoms with Crippen LogP contribution in [0.5, 0.6) is 0 Å². The molecule has 0 aliphatic carbocycles. The van der Waals surface area contributed by atoms with Crippen molar-refractivity contribution < 1.29 is 9.90 Å². The third-order valence-corrected chi connectivity index (χ3v) is 2.85. The fraction of sp³-hybridized carbons (Fsp3) is 0.111. The van der Waals surface area contributed by atoms with Crippen molar-refractivity contribution in [1.29, 1.82) is 0 Å². The molecule has 72 valence electrons. The summed E-state index contributed by atoms with van der Waals surface area (Å²) in [5, 5.41) is 8.69. The number of aliphatic carboxylic acids is 1. The van der Waals surface area contributed by atoms with Crippen molar-refractivity contribution in [2.75, 3.05) is 0 Å². The van der Waals surface area contributed by atoms with E-state index in [0.29, 0.717) is 0 Å². The minimum atomic E-state index is -0.837. The summed E-state index contributed by atoms with van der Waals surface area (Å²) in [5.74, 6) is -0.837. The molecule has 0 saturated heterocycles. The van der Waals surface area contributed by atoms with E-state index in [1.165, 1.54) is 0 Å². The number of halogens is 1. The highest BCUT2D eigenvalue weighted by Gasteiger charge is 2.09. The highest BCUT2D eigenvalue weighted by molar-refractivity contribution is 14.1. The highest BCUT2D eigenvalue weighted by atomic mass is 127. The first kappa shape index (κ1) is 9.45. The topological polar surface area (TPSA) is 66.0 Å². The van der Waals surface area contributed by atoms with Crippen LogP contribution >= 0.6 is 22.6 Å². The largest absolute Gasteiger partial charge is 0.481 e. The third-order valence-electron chi connectivity index (χ3n) is 1.95. The monoisotopic (exact) mass is 302 g/mol. The minimum Gasteiger partial charge on any atom is -0.481 e. The molecule has 14 heavy (non-hydrogen) atoms. The van der Waals surface area contributed by atoms with E-state index in [2.05, 4.69) is 32.6 Å². The van der Waals surface area contributed by atoms with Crippen LogP contribution in [0.25, 0.3) is 11.0 Å². The second kappa shape index (κ2) is 3.56. The van der Waals surface area contributed by atoms with Crippen molar-refractivity contribution in [3.8, 4) is 0 Å². The third kappa shape index (κ3) is 1.59. The Hall–Kier alpha value is -1.11. The van der Waals surface area contributed by atoms with Gasteiger partial charge in [0, 0.05) is 3.57 Å². The van der Waals surface area contributed by atoms with Crippen LogP contribution in [0.4, 0.5) is 0 Å². The number of benzene rings is 1. The highest BCUT2D eigenvalue weighted by Crippen LogP contribution is 2.21. The number of hydrogen-bond donors (Lipinski definition) is 2. The van der Waals surface area contributed by atoms with Crippen LogP contribution in [-0.4, -0.2) is 21.0 Å². The Morgan fingerprint density at radius 3 is 3.07 bits per heavy atom. The molecule has 1 heterocycles. The van der Waals surface area contributed by atoms with Gasteiger partial charge in [-0.05, 0) is 34.2 Å². The van der Waals surface area contributed by atoms with Crippen LogP contribution in [-0.2, 0) is 11.2 Å². The standard InChI is InChI=1S/C9H7IN2O2/c10-6-2-1-5(3-7(13)14)8-9(6)12-4-11-8/h1-2,4H,3H2,(H,11,12)(H,13,14). The Morgan fingerprint density at radius 1 is 1.57 bits per heavy atom. The van der Waals surface area contributed by atoms with Crippen molar-refractivity contribution in [1.82, 2.24) is 9.97 Å². The summed E-state index contributed by atoms with van der Waals surface area (Å²) < 4.78 is 1.05. The van der Waals surface area contributed by atoms with Gasteiger partial charge in [0.15, 0.2) is 0 Å². The minimum absolute atomic E-state index is 0.0122. The maximum atomic E-state index is 10.6. The number of nitrogens with zero attached hydrogens (tertiary/aromatic N) is 1. The fourth-order valence-electron chi connectivity index (χ4n) is 1.36. The zero-order valence-electron chi connectivity index (χ0n) is 7.12. The van der Waals surface area contributed by atoms with E-state index in [4.69, 9.17) is 5.11 Å². The first-order valence-electron chi connectivity index (χ1n) is 4.00. The lowest BCUT2D eigenvalue weighted by Gasteiger charge is -1.99. The first-order valence-corrected chi connectivity index (χ1v) is 5.08. The smallest absolute Gasteiger partial charge is 0.307 e. The Kier molecular flexibility index (Phi) is 2.40. The molecule has 1 aromatic heterocycles. The lowest BCUT2D eigenvalue weighted by atomic mass is 10.1. The maximum absolute atomic E-state index is 10.6. The molecule has 0 saturated carbocycles. The van der Waals surface area contributed by atoms with Crippen molar-refractivity contribution in [3.63, 3.8) is 0 Å². The van der Waals surface area contributed by atoms with Gasteiger partial charge in [0.2, 0.25) is 0 Å². The van der Waals surface area contributed by atoms with Crippen LogP contribution in [0.3, 0.4) is 0 Å². The zero-order chi connectivity index (χ0) is 10.1. The van der Waals surface area contributed by atoms with Crippen molar-refractivity contribution in [3.05, 3.63) is 27.6 Å². The first-order chi connectivity index (χ1) is 6.68.